The summed E-state index contributed by atoms with van der Waals surface area (Å²) >= 11 is 0. The topological polar surface area (TPSA) is 40.5 Å². The van der Waals surface area contributed by atoms with Gasteiger partial charge in [-0.15, -0.1) is 0 Å². The molecule has 2 N–H and O–H groups in total. The number of hydrogen-bond acceptors (Lipinski definition) is 2. The molecule has 5 rings (SSSR count). The van der Waals surface area contributed by atoms with Crippen molar-refractivity contribution in [3.63, 3.8) is 0 Å². The van der Waals surface area contributed by atoms with Crippen LogP contribution in [0.1, 0.15) is 106 Å². The summed E-state index contributed by atoms with van der Waals surface area (Å²) in [5.74, 6) is 3.39. The third kappa shape index (κ3) is 2.72. The minimum Gasteiger partial charge on any atom is -0.393 e. The number of aliphatic hydroxyl groups excluding tert-OH is 2. The van der Waals surface area contributed by atoms with Gasteiger partial charge < -0.3 is 10.2 Å². The Balaban J connectivity index is 1.53. The summed E-state index contributed by atoms with van der Waals surface area (Å²) in [7, 11) is 0. The molecule has 0 aliphatic heterocycles. The van der Waals surface area contributed by atoms with Gasteiger partial charge in [-0.25, -0.2) is 0 Å². The van der Waals surface area contributed by atoms with Crippen LogP contribution in [0.25, 0.3) is 0 Å². The quantitative estimate of drug-likeness (QED) is 0.452. The molecule has 10 atom stereocenters. The van der Waals surface area contributed by atoms with E-state index in [-0.39, 0.29) is 18.1 Å². The molecule has 0 bridgehead atoms. The number of rotatable bonds is 2. The summed E-state index contributed by atoms with van der Waals surface area (Å²) in [6.07, 6.45) is 12.7. The Morgan fingerprint density at radius 1 is 0.781 bits per heavy atom. The lowest BCUT2D eigenvalue weighted by Gasteiger charge is -2.73. The van der Waals surface area contributed by atoms with E-state index in [1.165, 1.54) is 57.8 Å². The van der Waals surface area contributed by atoms with Crippen LogP contribution in [0.5, 0.6) is 0 Å². The predicted molar refractivity (Wildman–Crippen MR) is 132 cm³/mol. The lowest BCUT2D eigenvalue weighted by Crippen LogP contribution is -2.66. The first-order chi connectivity index (χ1) is 14.8. The summed E-state index contributed by atoms with van der Waals surface area (Å²) < 4.78 is 0. The molecule has 5 saturated carbocycles. The van der Waals surface area contributed by atoms with Gasteiger partial charge in [-0.3, -0.25) is 0 Å². The Morgan fingerprint density at radius 2 is 1.50 bits per heavy atom. The van der Waals surface area contributed by atoms with Gasteiger partial charge >= 0.3 is 0 Å². The standard InChI is InChI=1S/C30H50O2/c1-19(18-31)20-10-13-27(4)16-17-29(6)21(25(20)27)8-9-23-28(5)14-12-24(32)26(2,3)22(28)11-15-30(23,29)7/h20-25,31-32H,1,8-18H2,2-7H3/t20-,21+,22-,23+,24-,25?,27+,28-,29+,30+/m0/s1. The predicted octanol–water partition coefficient (Wildman–Crippen LogP) is 7.00. The van der Waals surface area contributed by atoms with E-state index in [2.05, 4.69) is 48.1 Å². The van der Waals surface area contributed by atoms with Gasteiger partial charge in [0, 0.05) is 0 Å². The fraction of sp³-hybridized carbons (Fsp3) is 0.933. The van der Waals surface area contributed by atoms with Crippen molar-refractivity contribution in [2.75, 3.05) is 6.61 Å². The van der Waals surface area contributed by atoms with Gasteiger partial charge in [-0.05, 0) is 126 Å². The van der Waals surface area contributed by atoms with Crippen molar-refractivity contribution in [3.05, 3.63) is 12.2 Å². The molecule has 0 saturated heterocycles. The Bertz CT molecular complexity index is 786. The molecule has 5 aliphatic carbocycles. The van der Waals surface area contributed by atoms with Crippen LogP contribution in [0.15, 0.2) is 12.2 Å². The molecule has 0 spiro atoms. The van der Waals surface area contributed by atoms with Gasteiger partial charge in [0.15, 0.2) is 0 Å². The zero-order valence-corrected chi connectivity index (χ0v) is 21.8. The third-order valence-electron chi connectivity index (χ3n) is 13.6. The molecular formula is C30H50O2. The van der Waals surface area contributed by atoms with Crippen molar-refractivity contribution in [1.29, 1.82) is 0 Å². The maximum atomic E-state index is 10.9. The fourth-order valence-electron chi connectivity index (χ4n) is 11.5. The van der Waals surface area contributed by atoms with E-state index in [0.717, 1.165) is 23.8 Å². The second kappa shape index (κ2) is 7.09. The average Bonchev–Trinajstić information content (AvgIpc) is 3.09. The van der Waals surface area contributed by atoms with Crippen molar-refractivity contribution in [1.82, 2.24) is 0 Å². The maximum absolute atomic E-state index is 10.9. The lowest BCUT2D eigenvalue weighted by atomic mass is 9.32. The highest BCUT2D eigenvalue weighted by atomic mass is 16.3. The Labute approximate surface area is 197 Å². The summed E-state index contributed by atoms with van der Waals surface area (Å²) in [6.45, 7) is 19.8. The van der Waals surface area contributed by atoms with E-state index < -0.39 is 0 Å². The van der Waals surface area contributed by atoms with E-state index in [1.54, 1.807) is 0 Å². The minimum absolute atomic E-state index is 0.0344. The van der Waals surface area contributed by atoms with Crippen LogP contribution < -0.4 is 0 Å². The van der Waals surface area contributed by atoms with Gasteiger partial charge in [0.2, 0.25) is 0 Å². The molecule has 0 aromatic rings. The molecule has 1 unspecified atom stereocenters. The van der Waals surface area contributed by atoms with Crippen molar-refractivity contribution >= 4 is 0 Å². The lowest BCUT2D eigenvalue weighted by molar-refractivity contribution is -0.246. The van der Waals surface area contributed by atoms with Crippen LogP contribution in [-0.4, -0.2) is 22.9 Å². The number of aliphatic hydroxyl groups is 2. The zero-order valence-electron chi connectivity index (χ0n) is 21.8. The van der Waals surface area contributed by atoms with Crippen molar-refractivity contribution in [2.24, 2.45) is 56.7 Å². The minimum atomic E-state index is -0.143. The van der Waals surface area contributed by atoms with Crippen LogP contribution in [-0.2, 0) is 0 Å². The van der Waals surface area contributed by atoms with Crippen molar-refractivity contribution in [3.8, 4) is 0 Å². The second-order valence-electron chi connectivity index (χ2n) is 14.7. The Kier molecular flexibility index (Phi) is 5.19. The summed E-state index contributed by atoms with van der Waals surface area (Å²) in [5, 5.41) is 20.9. The van der Waals surface area contributed by atoms with Gasteiger partial charge in [-0.2, -0.15) is 0 Å². The van der Waals surface area contributed by atoms with Gasteiger partial charge in [0.05, 0.1) is 12.7 Å². The molecule has 0 radical (unpaired) electrons. The van der Waals surface area contributed by atoms with E-state index in [9.17, 15) is 10.2 Å². The van der Waals surface area contributed by atoms with Crippen molar-refractivity contribution in [2.45, 2.75) is 112 Å². The van der Waals surface area contributed by atoms with Crippen LogP contribution in [0.3, 0.4) is 0 Å². The van der Waals surface area contributed by atoms with Crippen LogP contribution in [0.2, 0.25) is 0 Å². The van der Waals surface area contributed by atoms with E-state index in [0.29, 0.717) is 39.4 Å². The van der Waals surface area contributed by atoms with Crippen LogP contribution in [0.4, 0.5) is 0 Å². The molecule has 182 valence electrons. The first-order valence-electron chi connectivity index (χ1n) is 13.8. The van der Waals surface area contributed by atoms with Crippen LogP contribution >= 0.6 is 0 Å². The van der Waals surface area contributed by atoms with E-state index in [4.69, 9.17) is 0 Å². The van der Waals surface area contributed by atoms with Gasteiger partial charge in [0.1, 0.15) is 0 Å². The van der Waals surface area contributed by atoms with E-state index in [1.807, 2.05) is 0 Å². The highest BCUT2D eigenvalue weighted by Gasteiger charge is 2.70. The largest absolute Gasteiger partial charge is 0.393 e. The molecule has 0 heterocycles. The Hall–Kier alpha value is -0.340. The molecule has 0 amide bonds. The molecule has 32 heavy (non-hydrogen) atoms. The number of fused-ring (bicyclic) bond motifs is 7. The number of hydrogen-bond donors (Lipinski definition) is 2. The Morgan fingerprint density at radius 3 is 2.19 bits per heavy atom. The van der Waals surface area contributed by atoms with Gasteiger partial charge in [-0.1, -0.05) is 48.1 Å². The zero-order chi connectivity index (χ0) is 23.3. The SMILES string of the molecule is C=C(CO)[C@@H]1CC[C@]2(C)CC[C@]3(C)[C@H](CC[C@@H]4[C@@]5(C)CC[C@H](O)C(C)(C)[C@@H]5CC[C@]43C)C12. The normalized spacial score (nSPS) is 56.5. The molecular weight excluding hydrogens is 392 g/mol. The second-order valence-corrected chi connectivity index (χ2v) is 14.7. The fourth-order valence-corrected chi connectivity index (χ4v) is 11.5. The molecule has 5 aliphatic rings. The average molecular weight is 443 g/mol. The van der Waals surface area contributed by atoms with E-state index >= 15 is 0 Å². The van der Waals surface area contributed by atoms with Gasteiger partial charge in [0.25, 0.3) is 0 Å². The highest BCUT2D eigenvalue weighted by Crippen LogP contribution is 2.77. The van der Waals surface area contributed by atoms with Crippen molar-refractivity contribution < 1.29 is 10.2 Å². The molecule has 5 fully saturated rings. The smallest absolute Gasteiger partial charge is 0.0641 e. The first kappa shape index (κ1) is 23.4. The summed E-state index contributed by atoms with van der Waals surface area (Å²) in [6, 6.07) is 0. The molecule has 0 aromatic heterocycles. The summed E-state index contributed by atoms with van der Waals surface area (Å²) in [5.41, 5.74) is 2.70. The maximum Gasteiger partial charge on any atom is 0.0641 e. The molecule has 2 nitrogen and oxygen atoms in total. The highest BCUT2D eigenvalue weighted by molar-refractivity contribution is 5.21. The summed E-state index contributed by atoms with van der Waals surface area (Å²) in [4.78, 5) is 0. The third-order valence-corrected chi connectivity index (χ3v) is 13.6. The molecule has 2 heteroatoms. The molecule has 0 aromatic carbocycles. The monoisotopic (exact) mass is 442 g/mol. The van der Waals surface area contributed by atoms with Crippen LogP contribution in [0, 0.1) is 56.7 Å². The first-order valence-corrected chi connectivity index (χ1v) is 13.8.